The van der Waals surface area contributed by atoms with Crippen molar-refractivity contribution in [1.82, 2.24) is 0 Å². The molecule has 0 spiro atoms. The SMILES string of the molecule is Cc1ccccc1CC(Br)c1cc(Cl)cc(Br)c1. The lowest BCUT2D eigenvalue weighted by Gasteiger charge is -2.13. The molecule has 0 heterocycles. The Balaban J connectivity index is 2.22. The molecule has 0 aliphatic rings. The molecule has 18 heavy (non-hydrogen) atoms. The summed E-state index contributed by atoms with van der Waals surface area (Å²) in [7, 11) is 0. The molecule has 0 aromatic heterocycles. The first-order valence-corrected chi connectivity index (χ1v) is 7.79. The lowest BCUT2D eigenvalue weighted by molar-refractivity contribution is 0.938. The summed E-state index contributed by atoms with van der Waals surface area (Å²) in [6.07, 6.45) is 0.958. The van der Waals surface area contributed by atoms with Gasteiger partial charge in [-0.25, -0.2) is 0 Å². The van der Waals surface area contributed by atoms with E-state index in [1.807, 2.05) is 12.1 Å². The van der Waals surface area contributed by atoms with Gasteiger partial charge in [0.1, 0.15) is 0 Å². The molecule has 0 saturated heterocycles. The fourth-order valence-corrected chi connectivity index (χ4v) is 3.41. The van der Waals surface area contributed by atoms with Gasteiger partial charge in [0.15, 0.2) is 0 Å². The van der Waals surface area contributed by atoms with Gasteiger partial charge in [0, 0.05) is 14.3 Å². The van der Waals surface area contributed by atoms with Crippen molar-refractivity contribution in [2.45, 2.75) is 18.2 Å². The largest absolute Gasteiger partial charge is 0.0843 e. The maximum atomic E-state index is 6.08. The van der Waals surface area contributed by atoms with Gasteiger partial charge in [0.25, 0.3) is 0 Å². The highest BCUT2D eigenvalue weighted by molar-refractivity contribution is 9.10. The molecule has 1 unspecified atom stereocenters. The predicted molar refractivity (Wildman–Crippen MR) is 85.7 cm³/mol. The van der Waals surface area contributed by atoms with Crippen molar-refractivity contribution in [3.63, 3.8) is 0 Å². The second kappa shape index (κ2) is 6.23. The molecule has 0 bridgehead atoms. The Morgan fingerprint density at radius 1 is 1.17 bits per heavy atom. The van der Waals surface area contributed by atoms with Gasteiger partial charge in [-0.1, -0.05) is 67.7 Å². The molecule has 2 rings (SSSR count). The topological polar surface area (TPSA) is 0 Å². The predicted octanol–water partition coefficient (Wildman–Crippen LogP) is 6.09. The number of aryl methyl sites for hydroxylation is 1. The van der Waals surface area contributed by atoms with Crippen molar-refractivity contribution in [3.05, 3.63) is 68.7 Å². The van der Waals surface area contributed by atoms with Crippen LogP contribution in [0.4, 0.5) is 0 Å². The molecule has 0 saturated carbocycles. The van der Waals surface area contributed by atoms with Crippen LogP contribution in [0.15, 0.2) is 46.9 Å². The average molecular weight is 389 g/mol. The zero-order valence-electron chi connectivity index (χ0n) is 9.96. The van der Waals surface area contributed by atoms with E-state index in [1.54, 1.807) is 0 Å². The molecule has 3 heteroatoms. The van der Waals surface area contributed by atoms with Crippen molar-refractivity contribution in [2.75, 3.05) is 0 Å². The van der Waals surface area contributed by atoms with Crippen LogP contribution >= 0.6 is 43.5 Å². The van der Waals surface area contributed by atoms with Crippen molar-refractivity contribution < 1.29 is 0 Å². The van der Waals surface area contributed by atoms with E-state index < -0.39 is 0 Å². The molecule has 94 valence electrons. The van der Waals surface area contributed by atoms with Crippen LogP contribution in [0.1, 0.15) is 21.5 Å². The van der Waals surface area contributed by atoms with Gasteiger partial charge in [0.2, 0.25) is 0 Å². The quantitative estimate of drug-likeness (QED) is 0.558. The van der Waals surface area contributed by atoms with E-state index in [0.717, 1.165) is 15.9 Å². The number of hydrogen-bond acceptors (Lipinski definition) is 0. The third kappa shape index (κ3) is 3.59. The first kappa shape index (κ1) is 14.1. The van der Waals surface area contributed by atoms with E-state index in [-0.39, 0.29) is 4.83 Å². The molecule has 0 aliphatic carbocycles. The maximum Gasteiger partial charge on any atom is 0.0436 e. The summed E-state index contributed by atoms with van der Waals surface area (Å²) >= 11 is 13.3. The summed E-state index contributed by atoms with van der Waals surface area (Å²) in [5.74, 6) is 0. The maximum absolute atomic E-state index is 6.08. The Morgan fingerprint density at radius 3 is 2.56 bits per heavy atom. The highest BCUT2D eigenvalue weighted by atomic mass is 79.9. The summed E-state index contributed by atoms with van der Waals surface area (Å²) in [6.45, 7) is 2.14. The minimum Gasteiger partial charge on any atom is -0.0843 e. The van der Waals surface area contributed by atoms with Gasteiger partial charge in [0.05, 0.1) is 0 Å². The Kier molecular flexibility index (Phi) is 4.88. The summed E-state index contributed by atoms with van der Waals surface area (Å²) in [5, 5.41) is 0.758. The van der Waals surface area contributed by atoms with Crippen LogP contribution < -0.4 is 0 Å². The third-order valence-electron chi connectivity index (χ3n) is 2.91. The van der Waals surface area contributed by atoms with Gasteiger partial charge in [-0.2, -0.15) is 0 Å². The highest BCUT2D eigenvalue weighted by Crippen LogP contribution is 2.32. The lowest BCUT2D eigenvalue weighted by atomic mass is 10.0. The molecule has 1 atom stereocenters. The van der Waals surface area contributed by atoms with Crippen LogP contribution in [-0.4, -0.2) is 0 Å². The van der Waals surface area contributed by atoms with Crippen molar-refractivity contribution in [2.24, 2.45) is 0 Å². The molecule has 0 amide bonds. The van der Waals surface area contributed by atoms with Gasteiger partial charge < -0.3 is 0 Å². The molecular formula is C15H13Br2Cl. The second-order valence-corrected chi connectivity index (χ2v) is 6.76. The van der Waals surface area contributed by atoms with E-state index in [1.165, 1.54) is 16.7 Å². The molecular weight excluding hydrogens is 375 g/mol. The van der Waals surface area contributed by atoms with Crippen LogP contribution in [0.5, 0.6) is 0 Å². The molecule has 2 aromatic carbocycles. The Labute approximate surface area is 130 Å². The van der Waals surface area contributed by atoms with Gasteiger partial charge >= 0.3 is 0 Å². The van der Waals surface area contributed by atoms with Crippen LogP contribution in [0.25, 0.3) is 0 Å². The highest BCUT2D eigenvalue weighted by Gasteiger charge is 2.11. The summed E-state index contributed by atoms with van der Waals surface area (Å²) < 4.78 is 1.01. The van der Waals surface area contributed by atoms with E-state index in [0.29, 0.717) is 0 Å². The van der Waals surface area contributed by atoms with Crippen LogP contribution in [0, 0.1) is 6.92 Å². The molecule has 2 aromatic rings. The van der Waals surface area contributed by atoms with Gasteiger partial charge in [-0.3, -0.25) is 0 Å². The summed E-state index contributed by atoms with van der Waals surface area (Å²) in [6, 6.07) is 14.5. The first-order chi connectivity index (χ1) is 8.56. The molecule has 0 N–H and O–H groups in total. The summed E-state index contributed by atoms with van der Waals surface area (Å²) in [4.78, 5) is 0.272. The van der Waals surface area contributed by atoms with Gasteiger partial charge in [-0.15, -0.1) is 0 Å². The molecule has 0 radical (unpaired) electrons. The summed E-state index contributed by atoms with van der Waals surface area (Å²) in [5.41, 5.74) is 3.87. The third-order valence-corrected chi connectivity index (χ3v) is 4.44. The Morgan fingerprint density at radius 2 is 1.89 bits per heavy atom. The normalized spacial score (nSPS) is 12.4. The number of alkyl halides is 1. The smallest absolute Gasteiger partial charge is 0.0436 e. The number of rotatable bonds is 3. The first-order valence-electron chi connectivity index (χ1n) is 5.71. The molecule has 0 aliphatic heterocycles. The number of halogens is 3. The van der Waals surface area contributed by atoms with Crippen LogP contribution in [-0.2, 0) is 6.42 Å². The molecule has 0 nitrogen and oxygen atoms in total. The standard InChI is InChI=1S/C15H13Br2Cl/c1-10-4-2-3-5-11(10)8-15(17)12-6-13(16)9-14(18)7-12/h2-7,9,15H,8H2,1H3. The Bertz CT molecular complexity index is 532. The Hall–Kier alpha value is -0.310. The van der Waals surface area contributed by atoms with Crippen molar-refractivity contribution >= 4 is 43.5 Å². The van der Waals surface area contributed by atoms with E-state index in [2.05, 4.69) is 69.1 Å². The molecule has 0 fully saturated rings. The van der Waals surface area contributed by atoms with Crippen LogP contribution in [0.3, 0.4) is 0 Å². The number of hydrogen-bond donors (Lipinski definition) is 0. The van der Waals surface area contributed by atoms with Gasteiger partial charge in [-0.05, 0) is 48.2 Å². The zero-order valence-corrected chi connectivity index (χ0v) is 13.9. The zero-order chi connectivity index (χ0) is 13.1. The second-order valence-electron chi connectivity index (χ2n) is 4.30. The van der Waals surface area contributed by atoms with E-state index in [9.17, 15) is 0 Å². The monoisotopic (exact) mass is 386 g/mol. The van der Waals surface area contributed by atoms with Crippen molar-refractivity contribution in [3.8, 4) is 0 Å². The van der Waals surface area contributed by atoms with E-state index >= 15 is 0 Å². The van der Waals surface area contributed by atoms with Crippen molar-refractivity contribution in [1.29, 1.82) is 0 Å². The lowest BCUT2D eigenvalue weighted by Crippen LogP contribution is -1.97. The fourth-order valence-electron chi connectivity index (χ4n) is 1.91. The minimum absolute atomic E-state index is 0.272. The minimum atomic E-state index is 0.272. The van der Waals surface area contributed by atoms with E-state index in [4.69, 9.17) is 11.6 Å². The average Bonchev–Trinajstić information content (AvgIpc) is 2.31. The fraction of sp³-hybridized carbons (Fsp3) is 0.200. The number of benzene rings is 2. The van der Waals surface area contributed by atoms with Crippen LogP contribution in [0.2, 0.25) is 5.02 Å².